The van der Waals surface area contributed by atoms with E-state index in [2.05, 4.69) is 5.32 Å². The summed E-state index contributed by atoms with van der Waals surface area (Å²) in [6.45, 7) is 2.58. The lowest BCUT2D eigenvalue weighted by molar-refractivity contribution is -0.117. The van der Waals surface area contributed by atoms with Crippen molar-refractivity contribution in [2.45, 2.75) is 19.8 Å². The van der Waals surface area contributed by atoms with Gasteiger partial charge in [-0.05, 0) is 19.8 Å². The van der Waals surface area contributed by atoms with E-state index >= 15 is 0 Å². The first-order chi connectivity index (χ1) is 5.25. The normalized spacial score (nSPS) is 17.6. The van der Waals surface area contributed by atoms with E-state index in [1.54, 1.807) is 7.05 Å². The molecular formula is C8H13NO2. The number of nitrogens with one attached hydrogen (secondary N) is 1. The molecule has 1 amide bonds. The van der Waals surface area contributed by atoms with Crippen LogP contribution in [0.1, 0.15) is 19.8 Å². The second-order valence-corrected chi connectivity index (χ2v) is 2.57. The van der Waals surface area contributed by atoms with Crippen LogP contribution in [0.3, 0.4) is 0 Å². The van der Waals surface area contributed by atoms with E-state index in [1.807, 2.05) is 6.92 Å². The predicted octanol–water partition coefficient (Wildman–Crippen LogP) is 0.817. The largest absolute Gasteiger partial charge is 0.498 e. The molecule has 1 N–H and O–H groups in total. The maximum atomic E-state index is 11.1. The fourth-order valence-corrected chi connectivity index (χ4v) is 1.16. The van der Waals surface area contributed by atoms with Crippen LogP contribution in [0.5, 0.6) is 0 Å². The van der Waals surface area contributed by atoms with Crippen LogP contribution < -0.4 is 5.32 Å². The molecule has 0 spiro atoms. The van der Waals surface area contributed by atoms with E-state index in [1.165, 1.54) is 0 Å². The summed E-state index contributed by atoms with van der Waals surface area (Å²) < 4.78 is 5.23. The zero-order valence-electron chi connectivity index (χ0n) is 6.94. The standard InChI is InChI=1S/C8H13NO2/c1-6-7(8(10)9-2)4-3-5-11-6/h3-5H2,1-2H3,(H,9,10). The van der Waals surface area contributed by atoms with Gasteiger partial charge in [-0.15, -0.1) is 0 Å². The zero-order chi connectivity index (χ0) is 8.27. The molecule has 0 aliphatic carbocycles. The highest BCUT2D eigenvalue weighted by molar-refractivity contribution is 5.93. The molecule has 3 nitrogen and oxygen atoms in total. The van der Waals surface area contributed by atoms with Crippen molar-refractivity contribution in [3.63, 3.8) is 0 Å². The molecule has 0 unspecified atom stereocenters. The quantitative estimate of drug-likeness (QED) is 0.608. The molecule has 1 rings (SSSR count). The van der Waals surface area contributed by atoms with Gasteiger partial charge in [0.15, 0.2) is 0 Å². The molecular weight excluding hydrogens is 142 g/mol. The monoisotopic (exact) mass is 155 g/mol. The second-order valence-electron chi connectivity index (χ2n) is 2.57. The van der Waals surface area contributed by atoms with Crippen LogP contribution in [0.15, 0.2) is 11.3 Å². The van der Waals surface area contributed by atoms with Crippen LogP contribution in [0.2, 0.25) is 0 Å². The van der Waals surface area contributed by atoms with Crippen LogP contribution >= 0.6 is 0 Å². The van der Waals surface area contributed by atoms with Gasteiger partial charge < -0.3 is 10.1 Å². The zero-order valence-corrected chi connectivity index (χ0v) is 6.94. The number of carbonyl (C=O) groups excluding carboxylic acids is 1. The van der Waals surface area contributed by atoms with E-state index in [4.69, 9.17) is 4.74 Å². The number of rotatable bonds is 1. The van der Waals surface area contributed by atoms with E-state index in [-0.39, 0.29) is 5.91 Å². The first-order valence-electron chi connectivity index (χ1n) is 3.80. The van der Waals surface area contributed by atoms with Gasteiger partial charge >= 0.3 is 0 Å². The lowest BCUT2D eigenvalue weighted by Gasteiger charge is -2.17. The van der Waals surface area contributed by atoms with Gasteiger partial charge in [0, 0.05) is 7.05 Å². The van der Waals surface area contributed by atoms with Crippen molar-refractivity contribution in [3.8, 4) is 0 Å². The van der Waals surface area contributed by atoms with Crippen molar-refractivity contribution in [3.05, 3.63) is 11.3 Å². The van der Waals surface area contributed by atoms with E-state index in [0.717, 1.165) is 30.8 Å². The average molecular weight is 155 g/mol. The van der Waals surface area contributed by atoms with E-state index < -0.39 is 0 Å². The highest BCUT2D eigenvalue weighted by Gasteiger charge is 2.15. The molecule has 1 heterocycles. The van der Waals surface area contributed by atoms with Crippen molar-refractivity contribution in [1.82, 2.24) is 5.32 Å². The molecule has 0 aromatic carbocycles. The Balaban J connectivity index is 2.74. The maximum absolute atomic E-state index is 11.1. The SMILES string of the molecule is CNC(=O)C1=C(C)OCCC1. The molecule has 62 valence electrons. The summed E-state index contributed by atoms with van der Waals surface area (Å²) in [4.78, 5) is 11.1. The number of amides is 1. The Kier molecular flexibility index (Phi) is 2.52. The van der Waals surface area contributed by atoms with Gasteiger partial charge in [0.25, 0.3) is 0 Å². The summed E-state index contributed by atoms with van der Waals surface area (Å²) in [5.41, 5.74) is 0.791. The van der Waals surface area contributed by atoms with Crippen LogP contribution in [0.25, 0.3) is 0 Å². The Bertz CT molecular complexity index is 196. The molecule has 1 aliphatic heterocycles. The van der Waals surface area contributed by atoms with E-state index in [9.17, 15) is 4.79 Å². The van der Waals surface area contributed by atoms with Gasteiger partial charge in [0.2, 0.25) is 5.91 Å². The number of carbonyl (C=O) groups is 1. The van der Waals surface area contributed by atoms with Gasteiger partial charge in [-0.1, -0.05) is 0 Å². The maximum Gasteiger partial charge on any atom is 0.250 e. The van der Waals surface area contributed by atoms with Crippen LogP contribution in [-0.2, 0) is 9.53 Å². The van der Waals surface area contributed by atoms with Crippen molar-refractivity contribution in [1.29, 1.82) is 0 Å². The molecule has 1 aliphatic rings. The summed E-state index contributed by atoms with van der Waals surface area (Å²) in [7, 11) is 1.64. The van der Waals surface area contributed by atoms with Crippen LogP contribution in [0.4, 0.5) is 0 Å². The fraction of sp³-hybridized carbons (Fsp3) is 0.625. The van der Waals surface area contributed by atoms with Gasteiger partial charge in [-0.25, -0.2) is 0 Å². The molecule has 0 aromatic rings. The Hall–Kier alpha value is -0.990. The van der Waals surface area contributed by atoms with Gasteiger partial charge in [-0.3, -0.25) is 4.79 Å². The minimum absolute atomic E-state index is 0.0119. The molecule has 0 atom stereocenters. The van der Waals surface area contributed by atoms with E-state index in [0.29, 0.717) is 0 Å². The number of ether oxygens (including phenoxy) is 1. The molecule has 3 heteroatoms. The minimum Gasteiger partial charge on any atom is -0.498 e. The number of hydrogen-bond donors (Lipinski definition) is 1. The molecule has 0 bridgehead atoms. The second kappa shape index (κ2) is 3.42. The fourth-order valence-electron chi connectivity index (χ4n) is 1.16. The lowest BCUT2D eigenvalue weighted by atomic mass is 10.1. The molecule has 0 saturated carbocycles. The van der Waals surface area contributed by atoms with Crippen molar-refractivity contribution < 1.29 is 9.53 Å². The molecule has 0 saturated heterocycles. The summed E-state index contributed by atoms with van der Waals surface area (Å²) in [5, 5.41) is 2.59. The minimum atomic E-state index is -0.0119. The van der Waals surface area contributed by atoms with Gasteiger partial charge in [0.1, 0.15) is 5.76 Å². The Morgan fingerprint density at radius 2 is 2.36 bits per heavy atom. The molecule has 0 fully saturated rings. The van der Waals surface area contributed by atoms with Gasteiger partial charge in [-0.2, -0.15) is 0 Å². The summed E-state index contributed by atoms with van der Waals surface area (Å²) in [5.74, 6) is 0.762. The summed E-state index contributed by atoms with van der Waals surface area (Å²) in [6, 6.07) is 0. The first kappa shape index (κ1) is 8.11. The first-order valence-corrected chi connectivity index (χ1v) is 3.80. The van der Waals surface area contributed by atoms with Crippen LogP contribution in [-0.4, -0.2) is 19.6 Å². The topological polar surface area (TPSA) is 38.3 Å². The molecule has 11 heavy (non-hydrogen) atoms. The Morgan fingerprint density at radius 1 is 1.64 bits per heavy atom. The van der Waals surface area contributed by atoms with Crippen molar-refractivity contribution in [2.24, 2.45) is 0 Å². The molecule has 0 aromatic heterocycles. The Labute approximate surface area is 66.4 Å². The number of allylic oxidation sites excluding steroid dienone is 1. The average Bonchev–Trinajstić information content (AvgIpc) is 2.04. The van der Waals surface area contributed by atoms with Crippen molar-refractivity contribution >= 4 is 5.91 Å². The van der Waals surface area contributed by atoms with Crippen LogP contribution in [0, 0.1) is 0 Å². The summed E-state index contributed by atoms with van der Waals surface area (Å²) >= 11 is 0. The predicted molar refractivity (Wildman–Crippen MR) is 42.0 cm³/mol. The lowest BCUT2D eigenvalue weighted by Crippen LogP contribution is -2.23. The highest BCUT2D eigenvalue weighted by Crippen LogP contribution is 2.18. The third kappa shape index (κ3) is 1.73. The highest BCUT2D eigenvalue weighted by atomic mass is 16.5. The third-order valence-electron chi connectivity index (χ3n) is 1.82. The number of hydrogen-bond acceptors (Lipinski definition) is 2. The number of likely N-dealkylation sites (N-methyl/N-ethyl adjacent to an activating group) is 1. The smallest absolute Gasteiger partial charge is 0.250 e. The van der Waals surface area contributed by atoms with Gasteiger partial charge in [0.05, 0.1) is 12.2 Å². The third-order valence-corrected chi connectivity index (χ3v) is 1.82. The summed E-state index contributed by atoms with van der Waals surface area (Å²) in [6.07, 6.45) is 1.78. The van der Waals surface area contributed by atoms with Crippen molar-refractivity contribution in [2.75, 3.05) is 13.7 Å². The molecule has 0 radical (unpaired) electrons. The Morgan fingerprint density at radius 3 is 2.91 bits per heavy atom.